The molecule has 0 aromatic heterocycles. The van der Waals surface area contributed by atoms with E-state index in [9.17, 15) is 0 Å². The molecule has 0 aromatic carbocycles. The lowest BCUT2D eigenvalue weighted by Gasteiger charge is -2.32. The molecule has 14 heavy (non-hydrogen) atoms. The predicted molar refractivity (Wildman–Crippen MR) is 62.3 cm³/mol. The van der Waals surface area contributed by atoms with E-state index in [4.69, 9.17) is 5.73 Å². The third kappa shape index (κ3) is 3.81. The van der Waals surface area contributed by atoms with Gasteiger partial charge < -0.3 is 5.73 Å². The smallest absolute Gasteiger partial charge is 0.0166 e. The number of hydrogen-bond acceptors (Lipinski definition) is 2. The van der Waals surface area contributed by atoms with Gasteiger partial charge in [0, 0.05) is 19.1 Å². The molecule has 0 aromatic rings. The highest BCUT2D eigenvalue weighted by molar-refractivity contribution is 4.88. The van der Waals surface area contributed by atoms with Crippen LogP contribution in [0.1, 0.15) is 39.0 Å². The largest absolute Gasteiger partial charge is 0.327 e. The van der Waals surface area contributed by atoms with Crippen LogP contribution in [0, 0.1) is 0 Å². The molecule has 0 atom stereocenters. The molecule has 1 aliphatic rings. The molecule has 1 saturated carbocycles. The summed E-state index contributed by atoms with van der Waals surface area (Å²) in [5.74, 6) is 0. The van der Waals surface area contributed by atoms with E-state index in [1.807, 2.05) is 0 Å². The molecule has 0 saturated heterocycles. The van der Waals surface area contributed by atoms with Gasteiger partial charge in [0.1, 0.15) is 0 Å². The van der Waals surface area contributed by atoms with Crippen molar-refractivity contribution in [3.8, 4) is 0 Å². The Hall–Kier alpha value is -0.340. The molecule has 2 heteroatoms. The fourth-order valence-corrected chi connectivity index (χ4v) is 2.29. The average molecular weight is 196 g/mol. The Morgan fingerprint density at radius 3 is 2.50 bits per heavy atom. The third-order valence-electron chi connectivity index (χ3n) is 3.14. The Morgan fingerprint density at radius 2 is 1.93 bits per heavy atom. The maximum atomic E-state index is 5.43. The van der Waals surface area contributed by atoms with Crippen LogP contribution in [0.25, 0.3) is 0 Å². The fraction of sp³-hybridized carbons (Fsp3) is 0.833. The highest BCUT2D eigenvalue weighted by Gasteiger charge is 2.18. The first-order valence-corrected chi connectivity index (χ1v) is 5.97. The van der Waals surface area contributed by atoms with E-state index < -0.39 is 0 Å². The van der Waals surface area contributed by atoms with Crippen LogP contribution in [-0.2, 0) is 0 Å². The van der Waals surface area contributed by atoms with E-state index in [1.165, 1.54) is 38.6 Å². The first-order chi connectivity index (χ1) is 6.88. The molecule has 0 heterocycles. The van der Waals surface area contributed by atoms with E-state index in [0.717, 1.165) is 12.6 Å². The van der Waals surface area contributed by atoms with Crippen molar-refractivity contribution in [1.82, 2.24) is 4.90 Å². The van der Waals surface area contributed by atoms with Crippen molar-refractivity contribution in [3.05, 3.63) is 12.2 Å². The number of hydrogen-bond donors (Lipinski definition) is 1. The molecule has 0 unspecified atom stereocenters. The summed E-state index contributed by atoms with van der Waals surface area (Å²) < 4.78 is 0. The lowest BCUT2D eigenvalue weighted by molar-refractivity contribution is 0.180. The quantitative estimate of drug-likeness (QED) is 0.683. The maximum Gasteiger partial charge on any atom is 0.0166 e. The number of nitrogens with zero attached hydrogens (tertiary/aromatic N) is 1. The van der Waals surface area contributed by atoms with Crippen molar-refractivity contribution in [2.24, 2.45) is 5.73 Å². The topological polar surface area (TPSA) is 29.3 Å². The monoisotopic (exact) mass is 196 g/mol. The van der Waals surface area contributed by atoms with Crippen LogP contribution >= 0.6 is 0 Å². The summed E-state index contributed by atoms with van der Waals surface area (Å²) >= 11 is 0. The van der Waals surface area contributed by atoms with Crippen molar-refractivity contribution in [1.29, 1.82) is 0 Å². The highest BCUT2D eigenvalue weighted by Crippen LogP contribution is 2.22. The SMILES string of the molecule is CCN(CC=CCN)C1CCCCC1. The second-order valence-corrected chi connectivity index (χ2v) is 4.09. The number of nitrogens with two attached hydrogens (primary N) is 1. The first-order valence-electron chi connectivity index (χ1n) is 5.97. The zero-order valence-electron chi connectivity index (χ0n) is 9.41. The molecule has 0 radical (unpaired) electrons. The lowest BCUT2D eigenvalue weighted by Crippen LogP contribution is -2.36. The Bertz CT molecular complexity index is 160. The van der Waals surface area contributed by atoms with Gasteiger partial charge in [-0.05, 0) is 19.4 Å². The first kappa shape index (κ1) is 11.7. The molecule has 0 amide bonds. The minimum absolute atomic E-state index is 0.669. The van der Waals surface area contributed by atoms with Gasteiger partial charge in [-0.1, -0.05) is 38.3 Å². The standard InChI is InChI=1S/C12H24N2/c1-2-14(11-7-6-10-13)12-8-4-3-5-9-12/h6-7,12H,2-5,8-11,13H2,1H3. The minimum atomic E-state index is 0.669. The molecule has 0 spiro atoms. The van der Waals surface area contributed by atoms with E-state index in [2.05, 4.69) is 24.0 Å². The molecule has 2 nitrogen and oxygen atoms in total. The van der Waals surface area contributed by atoms with Gasteiger partial charge in [-0.15, -0.1) is 0 Å². The molecule has 1 rings (SSSR count). The molecular weight excluding hydrogens is 172 g/mol. The van der Waals surface area contributed by atoms with Gasteiger partial charge in [0.15, 0.2) is 0 Å². The lowest BCUT2D eigenvalue weighted by atomic mass is 9.94. The second kappa shape index (κ2) is 7.02. The summed E-state index contributed by atoms with van der Waals surface area (Å²) in [4.78, 5) is 2.57. The van der Waals surface area contributed by atoms with Crippen LogP contribution in [0.15, 0.2) is 12.2 Å². The normalized spacial score (nSPS) is 19.6. The molecule has 0 bridgehead atoms. The number of rotatable bonds is 5. The van der Waals surface area contributed by atoms with Crippen molar-refractivity contribution in [3.63, 3.8) is 0 Å². The highest BCUT2D eigenvalue weighted by atomic mass is 15.1. The van der Waals surface area contributed by atoms with Crippen LogP contribution in [0.3, 0.4) is 0 Å². The summed E-state index contributed by atoms with van der Waals surface area (Å²) in [6.45, 7) is 5.17. The van der Waals surface area contributed by atoms with E-state index in [1.54, 1.807) is 0 Å². The maximum absolute atomic E-state index is 5.43. The van der Waals surface area contributed by atoms with Gasteiger partial charge in [0.05, 0.1) is 0 Å². The molecule has 0 aliphatic heterocycles. The van der Waals surface area contributed by atoms with Gasteiger partial charge in [-0.3, -0.25) is 4.90 Å². The fourth-order valence-electron chi connectivity index (χ4n) is 2.29. The Labute approximate surface area is 88.2 Å². The van der Waals surface area contributed by atoms with Gasteiger partial charge in [-0.2, -0.15) is 0 Å². The average Bonchev–Trinajstić information content (AvgIpc) is 2.26. The Kier molecular flexibility index (Phi) is 5.88. The predicted octanol–water partition coefficient (Wildman–Crippen LogP) is 2.16. The van der Waals surface area contributed by atoms with E-state index in [0.29, 0.717) is 6.54 Å². The zero-order chi connectivity index (χ0) is 10.2. The summed E-state index contributed by atoms with van der Waals surface area (Å²) in [5.41, 5.74) is 5.43. The van der Waals surface area contributed by atoms with Crippen LogP contribution in [0.2, 0.25) is 0 Å². The van der Waals surface area contributed by atoms with Crippen molar-refractivity contribution in [2.45, 2.75) is 45.1 Å². The van der Waals surface area contributed by atoms with Gasteiger partial charge >= 0.3 is 0 Å². The van der Waals surface area contributed by atoms with E-state index >= 15 is 0 Å². The van der Waals surface area contributed by atoms with Gasteiger partial charge in [0.25, 0.3) is 0 Å². The van der Waals surface area contributed by atoms with Crippen molar-refractivity contribution < 1.29 is 0 Å². The summed E-state index contributed by atoms with van der Waals surface area (Å²) in [7, 11) is 0. The zero-order valence-corrected chi connectivity index (χ0v) is 9.41. The van der Waals surface area contributed by atoms with Crippen LogP contribution in [0.5, 0.6) is 0 Å². The summed E-state index contributed by atoms with van der Waals surface area (Å²) in [6, 6.07) is 0.830. The minimum Gasteiger partial charge on any atom is -0.327 e. The van der Waals surface area contributed by atoms with Crippen LogP contribution < -0.4 is 5.73 Å². The van der Waals surface area contributed by atoms with Gasteiger partial charge in [-0.25, -0.2) is 0 Å². The molecule has 1 fully saturated rings. The third-order valence-corrected chi connectivity index (χ3v) is 3.14. The van der Waals surface area contributed by atoms with Gasteiger partial charge in [0.2, 0.25) is 0 Å². The van der Waals surface area contributed by atoms with E-state index in [-0.39, 0.29) is 0 Å². The number of likely N-dealkylation sites (N-methyl/N-ethyl adjacent to an activating group) is 1. The van der Waals surface area contributed by atoms with Crippen LogP contribution in [-0.4, -0.2) is 30.6 Å². The molecule has 82 valence electrons. The van der Waals surface area contributed by atoms with Crippen LogP contribution in [0.4, 0.5) is 0 Å². The Morgan fingerprint density at radius 1 is 1.21 bits per heavy atom. The molecule has 2 N–H and O–H groups in total. The summed E-state index contributed by atoms with van der Waals surface area (Å²) in [6.07, 6.45) is 11.3. The molecule has 1 aliphatic carbocycles. The second-order valence-electron chi connectivity index (χ2n) is 4.09. The van der Waals surface area contributed by atoms with Crippen molar-refractivity contribution >= 4 is 0 Å². The van der Waals surface area contributed by atoms with Crippen molar-refractivity contribution in [2.75, 3.05) is 19.6 Å². The molecular formula is C12H24N2. The summed E-state index contributed by atoms with van der Waals surface area (Å²) in [5, 5.41) is 0. The Balaban J connectivity index is 2.31.